The molecule has 262 valence electrons. The Kier molecular flexibility index (Phi) is 7.87. The molecule has 0 saturated carbocycles. The van der Waals surface area contributed by atoms with Gasteiger partial charge in [0.2, 0.25) is 0 Å². The van der Waals surface area contributed by atoms with E-state index >= 15 is 0 Å². The molecule has 0 radical (unpaired) electrons. The average molecular weight is 750 g/mol. The van der Waals surface area contributed by atoms with Gasteiger partial charge in [-0.25, -0.2) is 9.97 Å². The van der Waals surface area contributed by atoms with Crippen LogP contribution >= 0.6 is 22.7 Å². The van der Waals surface area contributed by atoms with Crippen LogP contribution in [0.3, 0.4) is 0 Å². The van der Waals surface area contributed by atoms with Crippen LogP contribution in [0.2, 0.25) is 0 Å². The van der Waals surface area contributed by atoms with Gasteiger partial charge in [0, 0.05) is 69.4 Å². The Balaban J connectivity index is 1.17. The zero-order valence-electron chi connectivity index (χ0n) is 30.1. The Bertz CT molecular complexity index is 3120. The van der Waals surface area contributed by atoms with Crippen molar-refractivity contribution in [2.75, 3.05) is 0 Å². The van der Waals surface area contributed by atoms with Crippen LogP contribution < -0.4 is 0 Å². The molecule has 4 aromatic heterocycles. The van der Waals surface area contributed by atoms with Gasteiger partial charge in [0.1, 0.15) is 0 Å². The highest BCUT2D eigenvalue weighted by atomic mass is 32.1. The van der Waals surface area contributed by atoms with E-state index in [2.05, 4.69) is 169 Å². The summed E-state index contributed by atoms with van der Waals surface area (Å²) in [6.45, 7) is 0. The van der Waals surface area contributed by atoms with E-state index in [-0.39, 0.29) is 0 Å². The van der Waals surface area contributed by atoms with E-state index in [1.807, 2.05) is 41.0 Å². The molecule has 56 heavy (non-hydrogen) atoms. The highest BCUT2D eigenvalue weighted by Gasteiger charge is 2.18. The fourth-order valence-corrected chi connectivity index (χ4v) is 10.4. The van der Waals surface area contributed by atoms with Crippen molar-refractivity contribution in [3.05, 3.63) is 188 Å². The summed E-state index contributed by atoms with van der Waals surface area (Å²) in [5, 5.41) is 5.14. The molecule has 0 amide bonds. The molecule has 4 heterocycles. The summed E-state index contributed by atoms with van der Waals surface area (Å²) < 4.78 is 5.16. The summed E-state index contributed by atoms with van der Waals surface area (Å²) in [6.07, 6.45) is 3.63. The summed E-state index contributed by atoms with van der Waals surface area (Å²) in [6, 6.07) is 63.1. The van der Waals surface area contributed by atoms with Crippen molar-refractivity contribution in [2.24, 2.45) is 0 Å². The largest absolute Gasteiger partial charge is 0.264 e. The summed E-state index contributed by atoms with van der Waals surface area (Å²) in [7, 11) is 0. The van der Waals surface area contributed by atoms with Crippen LogP contribution in [0, 0.1) is 0 Å². The molecule has 0 fully saturated rings. The van der Waals surface area contributed by atoms with Gasteiger partial charge in [-0.05, 0) is 88.0 Å². The van der Waals surface area contributed by atoms with Crippen molar-refractivity contribution in [3.8, 4) is 67.3 Å². The first-order valence-corrected chi connectivity index (χ1v) is 20.3. The standard InChI is InChI=1S/C51H31N3S2/c1-2-12-32(13-3-1)33-14-8-15-34(26-33)45-30-46(54-51(53-45)35-16-11-25-52-31-35)38-28-36(39-19-9-21-43-41-17-4-6-23-47(41)55-49(39)43)27-37(29-38)40-20-10-22-44-42-18-5-7-24-48(42)56-50(40)44/h1-31H. The molecule has 0 unspecified atom stereocenters. The zero-order valence-corrected chi connectivity index (χ0v) is 31.7. The van der Waals surface area contributed by atoms with Gasteiger partial charge in [-0.1, -0.05) is 121 Å². The van der Waals surface area contributed by atoms with E-state index in [0.29, 0.717) is 5.82 Å². The molecule has 0 N–H and O–H groups in total. The van der Waals surface area contributed by atoms with Crippen LogP contribution in [-0.2, 0) is 0 Å². The summed E-state index contributed by atoms with van der Waals surface area (Å²) in [5.74, 6) is 0.640. The Hall–Kier alpha value is -6.79. The van der Waals surface area contributed by atoms with Crippen molar-refractivity contribution in [1.29, 1.82) is 0 Å². The molecule has 0 aliphatic carbocycles. The second kappa shape index (κ2) is 13.5. The molecular weight excluding hydrogens is 719 g/mol. The first-order chi connectivity index (χ1) is 27.7. The molecule has 0 spiro atoms. The SMILES string of the molecule is c1ccc(-c2cccc(-c3cc(-c4cc(-c5cccc6c5sc5ccccc56)cc(-c5cccc6c5sc5ccccc56)c4)nc(-c4cccnc4)n3)c2)cc1. The van der Waals surface area contributed by atoms with Crippen LogP contribution in [0.15, 0.2) is 188 Å². The minimum atomic E-state index is 0.640. The van der Waals surface area contributed by atoms with Gasteiger partial charge in [0.05, 0.1) is 11.4 Å². The molecule has 11 aromatic rings. The van der Waals surface area contributed by atoms with E-state index in [0.717, 1.165) is 44.8 Å². The van der Waals surface area contributed by atoms with E-state index in [9.17, 15) is 0 Å². The van der Waals surface area contributed by atoms with Crippen molar-refractivity contribution in [1.82, 2.24) is 15.0 Å². The van der Waals surface area contributed by atoms with Gasteiger partial charge in [-0.15, -0.1) is 22.7 Å². The van der Waals surface area contributed by atoms with Gasteiger partial charge in [-0.2, -0.15) is 0 Å². The molecule has 0 aliphatic heterocycles. The Morgan fingerprint density at radius 1 is 0.339 bits per heavy atom. The third-order valence-corrected chi connectivity index (χ3v) is 13.0. The van der Waals surface area contributed by atoms with Crippen molar-refractivity contribution >= 4 is 63.0 Å². The number of rotatable bonds is 6. The number of thiophene rings is 2. The lowest BCUT2D eigenvalue weighted by molar-refractivity contribution is 1.17. The van der Waals surface area contributed by atoms with Gasteiger partial charge in [-0.3, -0.25) is 4.98 Å². The molecule has 11 rings (SSSR count). The van der Waals surface area contributed by atoms with Crippen molar-refractivity contribution in [2.45, 2.75) is 0 Å². The molecule has 3 nitrogen and oxygen atoms in total. The quantitative estimate of drug-likeness (QED) is 0.170. The van der Waals surface area contributed by atoms with E-state index in [4.69, 9.17) is 9.97 Å². The van der Waals surface area contributed by atoms with E-state index < -0.39 is 0 Å². The van der Waals surface area contributed by atoms with Gasteiger partial charge in [0.15, 0.2) is 5.82 Å². The fourth-order valence-electron chi connectivity index (χ4n) is 7.89. The Morgan fingerprint density at radius 3 is 1.48 bits per heavy atom. The number of pyridine rings is 1. The highest BCUT2D eigenvalue weighted by molar-refractivity contribution is 7.26. The highest BCUT2D eigenvalue weighted by Crippen LogP contribution is 2.45. The molecule has 5 heteroatoms. The maximum atomic E-state index is 5.30. The van der Waals surface area contributed by atoms with Crippen LogP contribution in [0.1, 0.15) is 0 Å². The summed E-state index contributed by atoms with van der Waals surface area (Å²) >= 11 is 3.72. The second-order valence-corrected chi connectivity index (χ2v) is 16.1. The second-order valence-electron chi connectivity index (χ2n) is 14.0. The molecule has 0 atom stereocenters. The van der Waals surface area contributed by atoms with Gasteiger partial charge in [0.25, 0.3) is 0 Å². The topological polar surface area (TPSA) is 38.7 Å². The number of hydrogen-bond acceptors (Lipinski definition) is 5. The monoisotopic (exact) mass is 749 g/mol. The van der Waals surface area contributed by atoms with Crippen LogP contribution in [0.25, 0.3) is 108 Å². The summed E-state index contributed by atoms with van der Waals surface area (Å²) in [4.78, 5) is 14.9. The Labute approximate surface area is 331 Å². The summed E-state index contributed by atoms with van der Waals surface area (Å²) in [5.41, 5.74) is 11.7. The number of nitrogens with zero attached hydrogens (tertiary/aromatic N) is 3. The lowest BCUT2D eigenvalue weighted by Crippen LogP contribution is -1.97. The first kappa shape index (κ1) is 32.6. The first-order valence-electron chi connectivity index (χ1n) is 18.7. The normalized spacial score (nSPS) is 11.6. The molecule has 7 aromatic carbocycles. The van der Waals surface area contributed by atoms with Gasteiger partial charge >= 0.3 is 0 Å². The maximum Gasteiger partial charge on any atom is 0.161 e. The third kappa shape index (κ3) is 5.68. The van der Waals surface area contributed by atoms with Crippen LogP contribution in [0.5, 0.6) is 0 Å². The minimum absolute atomic E-state index is 0.640. The predicted molar refractivity (Wildman–Crippen MR) is 238 cm³/mol. The minimum Gasteiger partial charge on any atom is -0.264 e. The van der Waals surface area contributed by atoms with E-state index in [1.165, 1.54) is 57.0 Å². The molecule has 0 aliphatic rings. The molecular formula is C51H31N3S2. The number of aromatic nitrogens is 3. The maximum absolute atomic E-state index is 5.30. The fraction of sp³-hybridized carbons (Fsp3) is 0. The van der Waals surface area contributed by atoms with Gasteiger partial charge < -0.3 is 0 Å². The average Bonchev–Trinajstić information content (AvgIpc) is 3.86. The molecule has 0 bridgehead atoms. The lowest BCUT2D eigenvalue weighted by atomic mass is 9.93. The molecule has 0 saturated heterocycles. The number of hydrogen-bond donors (Lipinski definition) is 0. The van der Waals surface area contributed by atoms with Crippen molar-refractivity contribution in [3.63, 3.8) is 0 Å². The lowest BCUT2D eigenvalue weighted by Gasteiger charge is -2.14. The number of fused-ring (bicyclic) bond motifs is 6. The third-order valence-electron chi connectivity index (χ3n) is 10.6. The Morgan fingerprint density at radius 2 is 0.839 bits per heavy atom. The van der Waals surface area contributed by atoms with Crippen molar-refractivity contribution < 1.29 is 0 Å². The van der Waals surface area contributed by atoms with Crippen LogP contribution in [0.4, 0.5) is 0 Å². The number of benzene rings is 7. The smallest absolute Gasteiger partial charge is 0.161 e. The van der Waals surface area contributed by atoms with Crippen LogP contribution in [-0.4, -0.2) is 15.0 Å². The zero-order chi connectivity index (χ0) is 37.0. The predicted octanol–water partition coefficient (Wildman–Crippen LogP) is 14.6. The van der Waals surface area contributed by atoms with E-state index in [1.54, 1.807) is 6.20 Å².